The van der Waals surface area contributed by atoms with Crippen LogP contribution < -0.4 is 15.4 Å². The summed E-state index contributed by atoms with van der Waals surface area (Å²) in [5.74, 6) is 1.12. The number of piperidine rings is 1. The van der Waals surface area contributed by atoms with Crippen molar-refractivity contribution in [3.8, 4) is 11.5 Å². The van der Waals surface area contributed by atoms with Gasteiger partial charge >= 0.3 is 0 Å². The predicted octanol–water partition coefficient (Wildman–Crippen LogP) is 5.40. The second-order valence-corrected chi connectivity index (χ2v) is 8.25. The Hall–Kier alpha value is -3.35. The maximum absolute atomic E-state index is 13.4. The summed E-state index contributed by atoms with van der Waals surface area (Å²) in [4.78, 5) is 21.0. The number of hydrogen-bond acceptors (Lipinski definition) is 5. The minimum Gasteiger partial charge on any atom is -0.457 e. The molecule has 162 valence electrons. The minimum absolute atomic E-state index is 0.158. The molecule has 0 atom stereocenters. The van der Waals surface area contributed by atoms with Gasteiger partial charge < -0.3 is 20.4 Å². The van der Waals surface area contributed by atoms with Crippen molar-refractivity contribution in [2.75, 3.05) is 18.4 Å². The highest BCUT2D eigenvalue weighted by atomic mass is 35.5. The van der Waals surface area contributed by atoms with Crippen LogP contribution in [0.1, 0.15) is 28.8 Å². The average molecular weight is 447 g/mol. The second kappa shape index (κ2) is 9.02. The van der Waals surface area contributed by atoms with Crippen molar-refractivity contribution in [1.82, 2.24) is 15.3 Å². The van der Waals surface area contributed by atoms with Crippen LogP contribution in [-0.2, 0) is 0 Å². The third-order valence-corrected chi connectivity index (χ3v) is 5.99. The molecule has 2 aromatic heterocycles. The van der Waals surface area contributed by atoms with Crippen molar-refractivity contribution < 1.29 is 9.53 Å². The number of nitrogens with one attached hydrogen (secondary N) is 3. The van der Waals surface area contributed by atoms with E-state index in [9.17, 15) is 4.79 Å². The molecule has 3 N–H and O–H groups in total. The van der Waals surface area contributed by atoms with Crippen LogP contribution >= 0.6 is 11.6 Å². The van der Waals surface area contributed by atoms with E-state index < -0.39 is 0 Å². The lowest BCUT2D eigenvalue weighted by Crippen LogP contribution is -2.35. The molecule has 0 bridgehead atoms. The van der Waals surface area contributed by atoms with Gasteiger partial charge in [0.25, 0.3) is 0 Å². The number of para-hydroxylation sites is 1. The Labute approximate surface area is 191 Å². The Morgan fingerprint density at radius 1 is 1.03 bits per heavy atom. The summed E-state index contributed by atoms with van der Waals surface area (Å²) in [5, 5.41) is 8.11. The number of carbonyl (C=O) groups excluding carboxylic acids is 1. The molecule has 32 heavy (non-hydrogen) atoms. The van der Waals surface area contributed by atoms with Gasteiger partial charge in [-0.15, -0.1) is 0 Å². The van der Waals surface area contributed by atoms with Gasteiger partial charge in [0.2, 0.25) is 0 Å². The lowest BCUT2D eigenvalue weighted by atomic mass is 10.0. The summed E-state index contributed by atoms with van der Waals surface area (Å²) >= 11 is 6.50. The van der Waals surface area contributed by atoms with Gasteiger partial charge in [0, 0.05) is 35.8 Å². The molecule has 7 heteroatoms. The molecule has 0 aliphatic carbocycles. The van der Waals surface area contributed by atoms with Crippen LogP contribution in [0.3, 0.4) is 0 Å². The van der Waals surface area contributed by atoms with E-state index in [2.05, 4.69) is 20.6 Å². The SMILES string of the molecule is O=C(c1ccc(Oc2ccccc2)cc1Cl)c1c[nH]c2nccc(NC3CCNCC3)c12. The Kier molecular flexibility index (Phi) is 5.79. The number of carbonyl (C=O) groups is 1. The summed E-state index contributed by atoms with van der Waals surface area (Å²) in [6, 6.07) is 16.9. The summed E-state index contributed by atoms with van der Waals surface area (Å²) in [6.07, 6.45) is 5.52. The summed E-state index contributed by atoms with van der Waals surface area (Å²) in [6.45, 7) is 1.97. The number of anilines is 1. The number of ether oxygens (including phenoxy) is 1. The number of pyridine rings is 1. The first-order chi connectivity index (χ1) is 15.7. The highest BCUT2D eigenvalue weighted by Crippen LogP contribution is 2.32. The molecular weight excluding hydrogens is 424 g/mol. The number of benzene rings is 2. The van der Waals surface area contributed by atoms with Gasteiger partial charge in [0.05, 0.1) is 16.0 Å². The first-order valence-electron chi connectivity index (χ1n) is 10.7. The zero-order chi connectivity index (χ0) is 21.9. The highest BCUT2D eigenvalue weighted by molar-refractivity contribution is 6.35. The molecule has 4 aromatic rings. The average Bonchev–Trinajstić information content (AvgIpc) is 3.26. The van der Waals surface area contributed by atoms with E-state index in [0.717, 1.165) is 37.0 Å². The van der Waals surface area contributed by atoms with Crippen molar-refractivity contribution in [3.63, 3.8) is 0 Å². The quantitative estimate of drug-likeness (QED) is 0.345. The molecule has 0 spiro atoms. The van der Waals surface area contributed by atoms with Gasteiger partial charge in [0.15, 0.2) is 5.78 Å². The van der Waals surface area contributed by atoms with E-state index >= 15 is 0 Å². The molecule has 0 radical (unpaired) electrons. The first kappa shape index (κ1) is 20.5. The van der Waals surface area contributed by atoms with E-state index in [0.29, 0.717) is 39.3 Å². The number of aromatic nitrogens is 2. The van der Waals surface area contributed by atoms with E-state index in [1.807, 2.05) is 36.4 Å². The first-order valence-corrected chi connectivity index (χ1v) is 11.1. The van der Waals surface area contributed by atoms with Gasteiger partial charge in [0.1, 0.15) is 17.1 Å². The van der Waals surface area contributed by atoms with Crippen LogP contribution in [0.4, 0.5) is 5.69 Å². The zero-order valence-electron chi connectivity index (χ0n) is 17.4. The molecule has 1 fully saturated rings. The van der Waals surface area contributed by atoms with Gasteiger partial charge in [-0.2, -0.15) is 0 Å². The smallest absolute Gasteiger partial charge is 0.196 e. The monoisotopic (exact) mass is 446 g/mol. The lowest BCUT2D eigenvalue weighted by Gasteiger charge is -2.25. The Bertz CT molecular complexity index is 1250. The van der Waals surface area contributed by atoms with Crippen molar-refractivity contribution in [1.29, 1.82) is 0 Å². The number of rotatable bonds is 6. The van der Waals surface area contributed by atoms with E-state index in [1.54, 1.807) is 30.6 Å². The number of halogens is 1. The molecule has 0 amide bonds. The lowest BCUT2D eigenvalue weighted by molar-refractivity contribution is 0.104. The van der Waals surface area contributed by atoms with Crippen LogP contribution in [0.2, 0.25) is 5.02 Å². The highest BCUT2D eigenvalue weighted by Gasteiger charge is 2.22. The van der Waals surface area contributed by atoms with Gasteiger partial charge in [-0.25, -0.2) is 4.98 Å². The number of aromatic amines is 1. The van der Waals surface area contributed by atoms with Crippen molar-refractivity contribution in [2.24, 2.45) is 0 Å². The zero-order valence-corrected chi connectivity index (χ0v) is 18.2. The molecule has 2 aromatic carbocycles. The largest absolute Gasteiger partial charge is 0.457 e. The maximum atomic E-state index is 13.4. The Balaban J connectivity index is 1.44. The maximum Gasteiger partial charge on any atom is 0.196 e. The minimum atomic E-state index is -0.158. The summed E-state index contributed by atoms with van der Waals surface area (Å²) in [5.41, 5.74) is 2.55. The molecule has 0 unspecified atom stereocenters. The summed E-state index contributed by atoms with van der Waals surface area (Å²) in [7, 11) is 0. The number of H-pyrrole nitrogens is 1. The molecule has 3 heterocycles. The normalized spacial score (nSPS) is 14.4. The molecule has 0 saturated carbocycles. The van der Waals surface area contributed by atoms with Crippen LogP contribution in [0.5, 0.6) is 11.5 Å². The van der Waals surface area contributed by atoms with Gasteiger partial charge in [-0.05, 0) is 56.3 Å². The fourth-order valence-electron chi connectivity index (χ4n) is 4.06. The molecular formula is C25H23ClN4O2. The Morgan fingerprint density at radius 2 is 1.84 bits per heavy atom. The van der Waals surface area contributed by atoms with Crippen LogP contribution in [0.25, 0.3) is 11.0 Å². The molecule has 5 rings (SSSR count). The van der Waals surface area contributed by atoms with Crippen molar-refractivity contribution in [2.45, 2.75) is 18.9 Å². The Morgan fingerprint density at radius 3 is 2.62 bits per heavy atom. The fourth-order valence-corrected chi connectivity index (χ4v) is 4.31. The third-order valence-electron chi connectivity index (χ3n) is 5.68. The number of ketones is 1. The molecule has 1 aliphatic rings. The number of fused-ring (bicyclic) bond motifs is 1. The van der Waals surface area contributed by atoms with Crippen molar-refractivity contribution in [3.05, 3.63) is 83.1 Å². The molecule has 6 nitrogen and oxygen atoms in total. The van der Waals surface area contributed by atoms with E-state index in [-0.39, 0.29) is 5.78 Å². The van der Waals surface area contributed by atoms with Crippen LogP contribution in [0.15, 0.2) is 67.0 Å². The fraction of sp³-hybridized carbons (Fsp3) is 0.200. The summed E-state index contributed by atoms with van der Waals surface area (Å²) < 4.78 is 5.83. The topological polar surface area (TPSA) is 79.0 Å². The van der Waals surface area contributed by atoms with Gasteiger partial charge in [-0.1, -0.05) is 29.8 Å². The van der Waals surface area contributed by atoms with Crippen LogP contribution in [0, 0.1) is 0 Å². The molecule has 1 aliphatic heterocycles. The van der Waals surface area contributed by atoms with E-state index in [4.69, 9.17) is 16.3 Å². The van der Waals surface area contributed by atoms with E-state index in [1.165, 1.54) is 0 Å². The number of nitrogens with zero attached hydrogens (tertiary/aromatic N) is 1. The third kappa shape index (κ3) is 4.20. The second-order valence-electron chi connectivity index (χ2n) is 7.84. The van der Waals surface area contributed by atoms with Gasteiger partial charge in [-0.3, -0.25) is 4.79 Å². The predicted molar refractivity (Wildman–Crippen MR) is 127 cm³/mol. The van der Waals surface area contributed by atoms with Crippen LogP contribution in [-0.4, -0.2) is 34.9 Å². The standard InChI is InChI=1S/C25H23ClN4O2/c26-21-14-18(32-17-4-2-1-3-5-17)6-7-19(21)24(31)20-15-29-25-23(20)22(10-13-28-25)30-16-8-11-27-12-9-16/h1-7,10,13-16,27H,8-9,11-12H2,(H2,28,29,30). The molecule has 1 saturated heterocycles. The number of hydrogen-bond donors (Lipinski definition) is 3. The van der Waals surface area contributed by atoms with Crippen molar-refractivity contribution >= 4 is 34.1 Å².